The van der Waals surface area contributed by atoms with Crippen LogP contribution in [0.2, 0.25) is 0 Å². The predicted octanol–water partition coefficient (Wildman–Crippen LogP) is 3.10. The summed E-state index contributed by atoms with van der Waals surface area (Å²) in [6.45, 7) is 6.97. The van der Waals surface area contributed by atoms with Crippen LogP contribution in [-0.2, 0) is 9.59 Å². The fraction of sp³-hybridized carbons (Fsp3) is 0.450. The lowest BCUT2D eigenvalue weighted by Gasteiger charge is -2.35. The number of piperidine rings is 1. The first-order chi connectivity index (χ1) is 12.3. The Morgan fingerprint density at radius 3 is 2.73 bits per heavy atom. The van der Waals surface area contributed by atoms with Crippen LogP contribution in [0.1, 0.15) is 33.6 Å². The van der Waals surface area contributed by atoms with Crippen LogP contribution in [0.3, 0.4) is 0 Å². The van der Waals surface area contributed by atoms with Crippen molar-refractivity contribution in [2.75, 3.05) is 18.4 Å². The molecule has 6 heteroatoms. The van der Waals surface area contributed by atoms with Crippen LogP contribution in [0, 0.1) is 11.3 Å². The summed E-state index contributed by atoms with van der Waals surface area (Å²) >= 11 is 0. The van der Waals surface area contributed by atoms with Gasteiger partial charge in [0, 0.05) is 36.6 Å². The van der Waals surface area contributed by atoms with Crippen molar-refractivity contribution in [3.05, 3.63) is 42.7 Å². The van der Waals surface area contributed by atoms with Gasteiger partial charge >= 0.3 is 0 Å². The average molecular weight is 354 g/mol. The second kappa shape index (κ2) is 7.32. The van der Waals surface area contributed by atoms with Gasteiger partial charge in [-0.05, 0) is 37.1 Å². The Bertz CT molecular complexity index is 777. The Hall–Kier alpha value is -2.63. The molecule has 0 saturated carbocycles. The fourth-order valence-corrected chi connectivity index (χ4v) is 3.24. The number of anilines is 1. The lowest BCUT2D eigenvalue weighted by atomic mass is 9.91. The minimum atomic E-state index is -0.420. The molecule has 0 bridgehead atoms. The van der Waals surface area contributed by atoms with E-state index in [-0.39, 0.29) is 17.7 Å². The molecule has 3 rings (SSSR count). The van der Waals surface area contributed by atoms with Crippen LogP contribution < -0.4 is 5.32 Å². The molecule has 1 atom stereocenters. The number of hydrogen-bond acceptors (Lipinski definition) is 3. The summed E-state index contributed by atoms with van der Waals surface area (Å²) < 4.78 is 1.75. The first-order valence-electron chi connectivity index (χ1n) is 9.05. The summed E-state index contributed by atoms with van der Waals surface area (Å²) in [5.41, 5.74) is 1.21. The van der Waals surface area contributed by atoms with Gasteiger partial charge in [-0.3, -0.25) is 9.59 Å². The zero-order valence-corrected chi connectivity index (χ0v) is 15.6. The topological polar surface area (TPSA) is 67.2 Å². The van der Waals surface area contributed by atoms with Gasteiger partial charge in [-0.1, -0.05) is 26.8 Å². The van der Waals surface area contributed by atoms with Crippen molar-refractivity contribution in [3.63, 3.8) is 0 Å². The summed E-state index contributed by atoms with van der Waals surface area (Å²) in [6, 6.07) is 9.45. The molecule has 2 heterocycles. The third-order valence-corrected chi connectivity index (χ3v) is 4.60. The highest BCUT2D eigenvalue weighted by molar-refractivity contribution is 5.93. The van der Waals surface area contributed by atoms with Crippen molar-refractivity contribution in [2.45, 2.75) is 33.6 Å². The van der Waals surface area contributed by atoms with Crippen molar-refractivity contribution >= 4 is 17.5 Å². The Morgan fingerprint density at radius 2 is 2.04 bits per heavy atom. The van der Waals surface area contributed by atoms with Gasteiger partial charge in [0.1, 0.15) is 0 Å². The molecule has 6 nitrogen and oxygen atoms in total. The number of carbonyl (C=O) groups is 2. The maximum Gasteiger partial charge on any atom is 0.229 e. The van der Waals surface area contributed by atoms with Crippen LogP contribution in [0.15, 0.2) is 42.7 Å². The number of nitrogens with one attached hydrogen (secondary N) is 1. The largest absolute Gasteiger partial charge is 0.341 e. The SMILES string of the molecule is CC(C)(C)C(=O)N1CCCC(C(=O)Nc2cccc(-n3cccn3)c2)C1. The molecule has 1 aliphatic heterocycles. The summed E-state index contributed by atoms with van der Waals surface area (Å²) in [5, 5.41) is 7.20. The van der Waals surface area contributed by atoms with Crippen molar-refractivity contribution in [1.82, 2.24) is 14.7 Å². The number of nitrogens with zero attached hydrogens (tertiary/aromatic N) is 3. The smallest absolute Gasteiger partial charge is 0.229 e. The number of amides is 2. The Labute approximate surface area is 154 Å². The summed E-state index contributed by atoms with van der Waals surface area (Å²) in [7, 11) is 0. The summed E-state index contributed by atoms with van der Waals surface area (Å²) in [4.78, 5) is 27.0. The quantitative estimate of drug-likeness (QED) is 0.921. The molecule has 1 saturated heterocycles. The minimum Gasteiger partial charge on any atom is -0.341 e. The average Bonchev–Trinajstić information content (AvgIpc) is 3.15. The third kappa shape index (κ3) is 4.12. The van der Waals surface area contributed by atoms with Gasteiger partial charge in [-0.25, -0.2) is 4.68 Å². The molecule has 0 aliphatic carbocycles. The lowest BCUT2D eigenvalue weighted by Crippen LogP contribution is -2.47. The monoisotopic (exact) mass is 354 g/mol. The van der Waals surface area contributed by atoms with Gasteiger partial charge in [0.2, 0.25) is 11.8 Å². The summed E-state index contributed by atoms with van der Waals surface area (Å²) in [6.07, 6.45) is 5.23. The molecular formula is C20H26N4O2. The van der Waals surface area contributed by atoms with Crippen LogP contribution in [0.25, 0.3) is 5.69 Å². The molecule has 0 radical (unpaired) electrons. The van der Waals surface area contributed by atoms with E-state index in [2.05, 4.69) is 10.4 Å². The van der Waals surface area contributed by atoms with E-state index in [0.717, 1.165) is 30.8 Å². The molecule has 1 unspecified atom stereocenters. The van der Waals surface area contributed by atoms with Crippen LogP contribution in [0.4, 0.5) is 5.69 Å². The molecule has 0 spiro atoms. The first-order valence-corrected chi connectivity index (χ1v) is 9.05. The number of carbonyl (C=O) groups excluding carboxylic acids is 2. The second-order valence-electron chi connectivity index (χ2n) is 7.83. The van der Waals surface area contributed by atoms with E-state index in [1.54, 1.807) is 10.9 Å². The van der Waals surface area contributed by atoms with E-state index in [1.165, 1.54) is 0 Å². The lowest BCUT2D eigenvalue weighted by molar-refractivity contribution is -0.142. The highest BCUT2D eigenvalue weighted by Crippen LogP contribution is 2.24. The maximum absolute atomic E-state index is 12.7. The van der Waals surface area contributed by atoms with Crippen LogP contribution in [-0.4, -0.2) is 39.6 Å². The Morgan fingerprint density at radius 1 is 1.23 bits per heavy atom. The highest BCUT2D eigenvalue weighted by atomic mass is 16.2. The number of aromatic nitrogens is 2. The number of rotatable bonds is 3. The number of likely N-dealkylation sites (tertiary alicyclic amines) is 1. The molecule has 1 aliphatic rings. The molecule has 1 fully saturated rings. The van der Waals surface area contributed by atoms with Gasteiger partial charge in [0.05, 0.1) is 11.6 Å². The first kappa shape index (κ1) is 18.2. The molecule has 1 N–H and O–H groups in total. The van der Waals surface area contributed by atoms with Crippen LogP contribution in [0.5, 0.6) is 0 Å². The summed E-state index contributed by atoms with van der Waals surface area (Å²) in [5.74, 6) is -0.104. The van der Waals surface area contributed by atoms with Gasteiger partial charge in [0.15, 0.2) is 0 Å². The van der Waals surface area contributed by atoms with E-state index in [9.17, 15) is 9.59 Å². The van der Waals surface area contributed by atoms with Crippen molar-refractivity contribution < 1.29 is 9.59 Å². The zero-order valence-electron chi connectivity index (χ0n) is 15.6. The molecular weight excluding hydrogens is 328 g/mol. The minimum absolute atomic E-state index is 0.0333. The zero-order chi connectivity index (χ0) is 18.7. The molecule has 2 aromatic rings. The van der Waals surface area contributed by atoms with Gasteiger partial charge in [-0.15, -0.1) is 0 Å². The molecule has 2 amide bonds. The molecule has 1 aromatic heterocycles. The number of benzene rings is 1. The van der Waals surface area contributed by atoms with Crippen molar-refractivity contribution in [2.24, 2.45) is 11.3 Å². The van der Waals surface area contributed by atoms with E-state index < -0.39 is 5.41 Å². The van der Waals surface area contributed by atoms with E-state index >= 15 is 0 Å². The highest BCUT2D eigenvalue weighted by Gasteiger charge is 2.33. The predicted molar refractivity (Wildman–Crippen MR) is 101 cm³/mol. The van der Waals surface area contributed by atoms with Gasteiger partial charge < -0.3 is 10.2 Å². The van der Waals surface area contributed by atoms with Crippen molar-refractivity contribution in [3.8, 4) is 5.69 Å². The Balaban J connectivity index is 1.66. The maximum atomic E-state index is 12.7. The van der Waals surface area contributed by atoms with E-state index in [4.69, 9.17) is 0 Å². The Kier molecular flexibility index (Phi) is 5.11. The number of hydrogen-bond donors (Lipinski definition) is 1. The molecule has 26 heavy (non-hydrogen) atoms. The van der Waals surface area contributed by atoms with Gasteiger partial charge in [-0.2, -0.15) is 5.10 Å². The fourth-order valence-electron chi connectivity index (χ4n) is 3.24. The van der Waals surface area contributed by atoms with Crippen molar-refractivity contribution in [1.29, 1.82) is 0 Å². The van der Waals surface area contributed by atoms with E-state index in [1.807, 2.05) is 62.2 Å². The third-order valence-electron chi connectivity index (χ3n) is 4.60. The van der Waals surface area contributed by atoms with E-state index in [0.29, 0.717) is 6.54 Å². The molecule has 138 valence electrons. The normalized spacial score (nSPS) is 17.8. The standard InChI is InChI=1S/C20H26N4O2/c1-20(2,3)19(26)23-11-5-7-15(14-23)18(25)22-16-8-4-9-17(13-16)24-12-6-10-21-24/h4,6,8-10,12-13,15H,5,7,11,14H2,1-3H3,(H,22,25). The second-order valence-corrected chi connectivity index (χ2v) is 7.83. The van der Waals surface area contributed by atoms with Crippen LogP contribution >= 0.6 is 0 Å². The van der Waals surface area contributed by atoms with Gasteiger partial charge in [0.25, 0.3) is 0 Å². The molecule has 1 aromatic carbocycles.